The molecule has 0 bridgehead atoms. The highest BCUT2D eigenvalue weighted by atomic mass is 35.5. The van der Waals surface area contributed by atoms with E-state index in [9.17, 15) is 4.79 Å². The third-order valence-corrected chi connectivity index (χ3v) is 5.12. The number of aromatic nitrogens is 2. The minimum Gasteiger partial charge on any atom is -0.338 e. The zero-order valence-electron chi connectivity index (χ0n) is 15.9. The Morgan fingerprint density at radius 1 is 1.14 bits per heavy atom. The van der Waals surface area contributed by atoms with Crippen molar-refractivity contribution in [1.29, 1.82) is 0 Å². The van der Waals surface area contributed by atoms with E-state index < -0.39 is 0 Å². The topological polar surface area (TPSA) is 50.2 Å². The molecule has 1 amide bonds. The van der Waals surface area contributed by atoms with Gasteiger partial charge in [0.2, 0.25) is 0 Å². The highest BCUT2D eigenvalue weighted by molar-refractivity contribution is 5.95. The lowest BCUT2D eigenvalue weighted by Gasteiger charge is -2.17. The maximum Gasteiger partial charge on any atom is 0.253 e. The van der Waals surface area contributed by atoms with Crippen LogP contribution in [0.1, 0.15) is 16.8 Å². The van der Waals surface area contributed by atoms with E-state index in [2.05, 4.69) is 22.5 Å². The van der Waals surface area contributed by atoms with Gasteiger partial charge in [-0.15, -0.1) is 12.4 Å². The molecule has 1 aromatic heterocycles. The average Bonchev–Trinajstić information content (AvgIpc) is 3.38. The summed E-state index contributed by atoms with van der Waals surface area (Å²) in [5, 5.41) is 7.69. The number of likely N-dealkylation sites (tertiary alicyclic amines) is 1. The first-order valence-corrected chi connectivity index (χ1v) is 9.40. The number of nitrogens with one attached hydrogen (secondary N) is 1. The van der Waals surface area contributed by atoms with Crippen molar-refractivity contribution in [2.45, 2.75) is 6.42 Å². The minimum atomic E-state index is 0. The molecular formula is C22H25ClN4O. The SMILES string of the molecule is CNCC1CCN(C(=O)c2cccc(-n3nccc3-c3ccccc3)c2)C1.Cl. The second-order valence-corrected chi connectivity index (χ2v) is 7.01. The predicted molar refractivity (Wildman–Crippen MR) is 114 cm³/mol. The van der Waals surface area contributed by atoms with Crippen LogP contribution in [0.2, 0.25) is 0 Å². The molecule has 1 N–H and O–H groups in total. The van der Waals surface area contributed by atoms with E-state index in [4.69, 9.17) is 0 Å². The molecule has 0 radical (unpaired) electrons. The van der Waals surface area contributed by atoms with Gasteiger partial charge in [0.05, 0.1) is 17.6 Å². The van der Waals surface area contributed by atoms with Crippen LogP contribution in [-0.2, 0) is 0 Å². The van der Waals surface area contributed by atoms with Crippen LogP contribution in [0.15, 0.2) is 66.9 Å². The summed E-state index contributed by atoms with van der Waals surface area (Å²) in [7, 11) is 1.96. The second-order valence-electron chi connectivity index (χ2n) is 7.01. The monoisotopic (exact) mass is 396 g/mol. The van der Waals surface area contributed by atoms with Gasteiger partial charge in [0.1, 0.15) is 0 Å². The number of amides is 1. The Morgan fingerprint density at radius 3 is 2.75 bits per heavy atom. The third-order valence-electron chi connectivity index (χ3n) is 5.12. The number of hydrogen-bond donors (Lipinski definition) is 1. The summed E-state index contributed by atoms with van der Waals surface area (Å²) in [5.41, 5.74) is 3.72. The van der Waals surface area contributed by atoms with E-state index in [0.29, 0.717) is 11.5 Å². The highest BCUT2D eigenvalue weighted by Gasteiger charge is 2.26. The normalized spacial score (nSPS) is 16.0. The van der Waals surface area contributed by atoms with Crippen LogP contribution in [-0.4, -0.2) is 47.3 Å². The molecule has 5 nitrogen and oxygen atoms in total. The molecule has 1 atom stereocenters. The van der Waals surface area contributed by atoms with E-state index in [1.807, 2.05) is 65.2 Å². The lowest BCUT2D eigenvalue weighted by atomic mass is 10.1. The van der Waals surface area contributed by atoms with Gasteiger partial charge in [0.15, 0.2) is 0 Å². The van der Waals surface area contributed by atoms with Crippen molar-refractivity contribution >= 4 is 18.3 Å². The van der Waals surface area contributed by atoms with Gasteiger partial charge in [-0.1, -0.05) is 36.4 Å². The van der Waals surface area contributed by atoms with Crippen molar-refractivity contribution < 1.29 is 4.79 Å². The van der Waals surface area contributed by atoms with Crippen LogP contribution in [0.25, 0.3) is 16.9 Å². The molecule has 1 saturated heterocycles. The third kappa shape index (κ3) is 4.11. The van der Waals surface area contributed by atoms with Crippen LogP contribution in [0.4, 0.5) is 0 Å². The van der Waals surface area contributed by atoms with Crippen molar-refractivity contribution in [2.24, 2.45) is 5.92 Å². The lowest BCUT2D eigenvalue weighted by Crippen LogP contribution is -2.30. The van der Waals surface area contributed by atoms with Gasteiger partial charge in [-0.2, -0.15) is 5.10 Å². The van der Waals surface area contributed by atoms with Crippen LogP contribution in [0, 0.1) is 5.92 Å². The van der Waals surface area contributed by atoms with Gasteiger partial charge in [-0.3, -0.25) is 4.79 Å². The summed E-state index contributed by atoms with van der Waals surface area (Å²) in [6.45, 7) is 2.60. The molecule has 0 saturated carbocycles. The standard InChI is InChI=1S/C22H24N4O.ClH/c1-23-15-17-11-13-25(16-17)22(27)19-8-5-9-20(14-19)26-21(10-12-24-26)18-6-3-2-4-7-18;/h2-10,12,14,17,23H,11,13,15-16H2,1H3;1H. The zero-order valence-corrected chi connectivity index (χ0v) is 16.7. The fourth-order valence-electron chi connectivity index (χ4n) is 3.76. The Morgan fingerprint density at radius 2 is 1.96 bits per heavy atom. The number of carbonyl (C=O) groups excluding carboxylic acids is 1. The Balaban J connectivity index is 0.00000225. The molecule has 2 aromatic carbocycles. The average molecular weight is 397 g/mol. The van der Waals surface area contributed by atoms with Crippen molar-refractivity contribution in [1.82, 2.24) is 20.0 Å². The molecule has 3 aromatic rings. The number of hydrogen-bond acceptors (Lipinski definition) is 3. The van der Waals surface area contributed by atoms with Gasteiger partial charge >= 0.3 is 0 Å². The zero-order chi connectivity index (χ0) is 18.6. The van der Waals surface area contributed by atoms with E-state index >= 15 is 0 Å². The number of carbonyl (C=O) groups is 1. The van der Waals surface area contributed by atoms with Gasteiger partial charge in [0.25, 0.3) is 5.91 Å². The molecule has 1 unspecified atom stereocenters. The summed E-state index contributed by atoms with van der Waals surface area (Å²) in [6.07, 6.45) is 2.85. The molecule has 1 aliphatic heterocycles. The van der Waals surface area contributed by atoms with Crippen molar-refractivity contribution in [3.05, 3.63) is 72.4 Å². The quantitative estimate of drug-likeness (QED) is 0.716. The van der Waals surface area contributed by atoms with Crippen molar-refractivity contribution in [3.63, 3.8) is 0 Å². The molecule has 146 valence electrons. The Bertz CT molecular complexity index is 925. The molecule has 0 aliphatic carbocycles. The first-order chi connectivity index (χ1) is 13.3. The van der Waals surface area contributed by atoms with Crippen molar-refractivity contribution in [3.8, 4) is 16.9 Å². The maximum atomic E-state index is 12.9. The Hall–Kier alpha value is -2.63. The molecule has 0 spiro atoms. The summed E-state index contributed by atoms with van der Waals surface area (Å²) in [4.78, 5) is 14.9. The van der Waals surface area contributed by atoms with Gasteiger partial charge in [-0.05, 0) is 50.2 Å². The molecule has 6 heteroatoms. The smallest absolute Gasteiger partial charge is 0.253 e. The number of benzene rings is 2. The summed E-state index contributed by atoms with van der Waals surface area (Å²) >= 11 is 0. The Kier molecular flexibility index (Phi) is 6.49. The largest absolute Gasteiger partial charge is 0.338 e. The van der Waals surface area contributed by atoms with Crippen LogP contribution in [0.5, 0.6) is 0 Å². The maximum absolute atomic E-state index is 12.9. The van der Waals surface area contributed by atoms with Gasteiger partial charge < -0.3 is 10.2 Å². The molecule has 4 rings (SSSR count). The van der Waals surface area contributed by atoms with Crippen molar-refractivity contribution in [2.75, 3.05) is 26.7 Å². The molecule has 28 heavy (non-hydrogen) atoms. The van der Waals surface area contributed by atoms with Crippen LogP contribution < -0.4 is 5.32 Å². The molecule has 1 aliphatic rings. The number of nitrogens with zero attached hydrogens (tertiary/aromatic N) is 3. The summed E-state index contributed by atoms with van der Waals surface area (Å²) < 4.78 is 1.89. The van der Waals surface area contributed by atoms with Gasteiger partial charge in [0, 0.05) is 24.2 Å². The number of halogens is 1. The fraction of sp³-hybridized carbons (Fsp3) is 0.273. The van der Waals surface area contributed by atoms with E-state index in [1.165, 1.54) is 0 Å². The Labute approximate surface area is 171 Å². The van der Waals surface area contributed by atoms with E-state index in [1.54, 1.807) is 6.20 Å². The first kappa shape index (κ1) is 20.1. The van der Waals surface area contributed by atoms with Crippen LogP contribution >= 0.6 is 12.4 Å². The van der Waals surface area contributed by atoms with E-state index in [0.717, 1.165) is 43.0 Å². The number of rotatable bonds is 5. The minimum absolute atomic E-state index is 0. The molecular weight excluding hydrogens is 372 g/mol. The molecule has 2 heterocycles. The van der Waals surface area contributed by atoms with Crippen LogP contribution in [0.3, 0.4) is 0 Å². The highest BCUT2D eigenvalue weighted by Crippen LogP contribution is 2.24. The predicted octanol–water partition coefficient (Wildman–Crippen LogP) is 3.64. The first-order valence-electron chi connectivity index (χ1n) is 9.40. The fourth-order valence-corrected chi connectivity index (χ4v) is 3.76. The second kappa shape index (κ2) is 9.04. The van der Waals surface area contributed by atoms with Gasteiger partial charge in [-0.25, -0.2) is 4.68 Å². The lowest BCUT2D eigenvalue weighted by molar-refractivity contribution is 0.0787. The summed E-state index contributed by atoms with van der Waals surface area (Å²) in [5.74, 6) is 0.641. The summed E-state index contributed by atoms with van der Waals surface area (Å²) in [6, 6.07) is 19.9. The van der Waals surface area contributed by atoms with E-state index in [-0.39, 0.29) is 18.3 Å². The molecule has 1 fully saturated rings.